The van der Waals surface area contributed by atoms with Crippen LogP contribution in [0.2, 0.25) is 0 Å². The van der Waals surface area contributed by atoms with Crippen molar-refractivity contribution >= 4 is 17.3 Å². The van der Waals surface area contributed by atoms with Gasteiger partial charge in [0.1, 0.15) is 12.4 Å². The second-order valence-corrected chi connectivity index (χ2v) is 8.18. The number of nitrogens with zero attached hydrogens (tertiary/aromatic N) is 4. The Balaban J connectivity index is 1.72. The van der Waals surface area contributed by atoms with Crippen LogP contribution in [0.25, 0.3) is 0 Å². The molecule has 2 aromatic rings. The molecule has 0 unspecified atom stereocenters. The van der Waals surface area contributed by atoms with Gasteiger partial charge in [-0.1, -0.05) is 31.4 Å². The first-order valence-corrected chi connectivity index (χ1v) is 10.5. The number of aliphatic imine (C=N–C) groups is 1. The normalized spacial score (nSPS) is 16.9. The molecule has 1 aliphatic rings. The average Bonchev–Trinajstić information content (AvgIpc) is 3.34. The monoisotopic (exact) mass is 386 g/mol. The molecule has 3 rings (SSSR count). The van der Waals surface area contributed by atoms with E-state index in [0.29, 0.717) is 13.1 Å². The zero-order chi connectivity index (χ0) is 19.1. The van der Waals surface area contributed by atoms with Gasteiger partial charge in [-0.05, 0) is 31.2 Å². The molecule has 1 saturated carbocycles. The van der Waals surface area contributed by atoms with Gasteiger partial charge >= 0.3 is 0 Å². The molecule has 7 heteroatoms. The number of guanidine groups is 1. The Kier molecular flexibility index (Phi) is 6.66. The molecule has 1 fully saturated rings. The molecule has 0 saturated heterocycles. The van der Waals surface area contributed by atoms with Crippen molar-refractivity contribution in [2.45, 2.75) is 51.0 Å². The minimum atomic E-state index is 0.213. The van der Waals surface area contributed by atoms with Gasteiger partial charge in [-0.2, -0.15) is 0 Å². The third kappa shape index (κ3) is 4.77. The van der Waals surface area contributed by atoms with E-state index in [1.54, 1.807) is 0 Å². The van der Waals surface area contributed by atoms with E-state index in [4.69, 9.17) is 4.99 Å². The molecule has 0 radical (unpaired) electrons. The Morgan fingerprint density at radius 2 is 2.15 bits per heavy atom. The second kappa shape index (κ2) is 9.17. The zero-order valence-electron chi connectivity index (χ0n) is 16.4. The Bertz CT molecular complexity index is 756. The van der Waals surface area contributed by atoms with Gasteiger partial charge in [0, 0.05) is 30.4 Å². The summed E-state index contributed by atoms with van der Waals surface area (Å²) in [6.07, 6.45) is 8.25. The van der Waals surface area contributed by atoms with Crippen LogP contribution in [0.15, 0.2) is 35.2 Å². The summed E-state index contributed by atoms with van der Waals surface area (Å²) >= 11 is 1.87. The van der Waals surface area contributed by atoms with Gasteiger partial charge in [0.05, 0.1) is 0 Å². The van der Waals surface area contributed by atoms with Crippen LogP contribution in [-0.2, 0) is 19.0 Å². The molecule has 0 atom stereocenters. The van der Waals surface area contributed by atoms with Crippen molar-refractivity contribution in [2.24, 2.45) is 12.0 Å². The summed E-state index contributed by atoms with van der Waals surface area (Å²) in [5.41, 5.74) is 0.213. The van der Waals surface area contributed by atoms with E-state index >= 15 is 0 Å². The van der Waals surface area contributed by atoms with Crippen LogP contribution in [-0.4, -0.2) is 33.8 Å². The Morgan fingerprint density at radius 3 is 2.78 bits per heavy atom. The van der Waals surface area contributed by atoms with E-state index in [-0.39, 0.29) is 5.41 Å². The third-order valence-electron chi connectivity index (χ3n) is 5.42. The van der Waals surface area contributed by atoms with Gasteiger partial charge in [0.15, 0.2) is 11.8 Å². The van der Waals surface area contributed by atoms with E-state index in [0.717, 1.165) is 24.2 Å². The summed E-state index contributed by atoms with van der Waals surface area (Å²) in [7, 11) is 1.97. The highest BCUT2D eigenvalue weighted by molar-refractivity contribution is 7.10. The van der Waals surface area contributed by atoms with Crippen LogP contribution < -0.4 is 10.6 Å². The first kappa shape index (κ1) is 19.6. The SMILES string of the molecule is C=CCNC(=NCc1nnc(C)n1C)NCC1(c2cccs2)CCCCC1. The lowest BCUT2D eigenvalue weighted by Gasteiger charge is -2.37. The van der Waals surface area contributed by atoms with Crippen molar-refractivity contribution in [3.63, 3.8) is 0 Å². The molecule has 0 bridgehead atoms. The van der Waals surface area contributed by atoms with Gasteiger partial charge in [-0.3, -0.25) is 0 Å². The van der Waals surface area contributed by atoms with Crippen molar-refractivity contribution in [3.8, 4) is 0 Å². The van der Waals surface area contributed by atoms with Gasteiger partial charge in [-0.15, -0.1) is 28.1 Å². The van der Waals surface area contributed by atoms with Crippen LogP contribution in [0, 0.1) is 6.92 Å². The summed E-state index contributed by atoms with van der Waals surface area (Å²) in [4.78, 5) is 6.22. The highest BCUT2D eigenvalue weighted by Gasteiger charge is 2.34. The lowest BCUT2D eigenvalue weighted by molar-refractivity contribution is 0.296. The molecule has 0 aromatic carbocycles. The fourth-order valence-corrected chi connectivity index (χ4v) is 4.64. The minimum Gasteiger partial charge on any atom is -0.355 e. The number of nitrogens with one attached hydrogen (secondary N) is 2. The molecular weight excluding hydrogens is 356 g/mol. The molecule has 27 heavy (non-hydrogen) atoms. The van der Waals surface area contributed by atoms with E-state index in [1.807, 2.05) is 36.0 Å². The van der Waals surface area contributed by atoms with Gasteiger partial charge < -0.3 is 15.2 Å². The molecule has 2 heterocycles. The molecule has 2 N–H and O–H groups in total. The average molecular weight is 387 g/mol. The molecule has 0 aliphatic heterocycles. The maximum Gasteiger partial charge on any atom is 0.191 e. The summed E-state index contributed by atoms with van der Waals surface area (Å²) < 4.78 is 1.98. The smallest absolute Gasteiger partial charge is 0.191 e. The van der Waals surface area contributed by atoms with Crippen LogP contribution in [0.1, 0.15) is 48.6 Å². The van der Waals surface area contributed by atoms with Crippen LogP contribution >= 0.6 is 11.3 Å². The fraction of sp³-hybridized carbons (Fsp3) is 0.550. The van der Waals surface area contributed by atoms with Crippen molar-refractivity contribution < 1.29 is 0 Å². The van der Waals surface area contributed by atoms with Gasteiger partial charge in [0.25, 0.3) is 0 Å². The Morgan fingerprint density at radius 1 is 1.33 bits per heavy atom. The molecule has 2 aromatic heterocycles. The minimum absolute atomic E-state index is 0.213. The molecule has 1 aliphatic carbocycles. The van der Waals surface area contributed by atoms with Crippen molar-refractivity contribution in [1.29, 1.82) is 0 Å². The zero-order valence-corrected chi connectivity index (χ0v) is 17.2. The van der Waals surface area contributed by atoms with Gasteiger partial charge in [0.2, 0.25) is 0 Å². The maximum absolute atomic E-state index is 4.73. The van der Waals surface area contributed by atoms with Crippen molar-refractivity contribution in [2.75, 3.05) is 13.1 Å². The number of rotatable bonds is 7. The number of hydrogen-bond donors (Lipinski definition) is 2. The number of hydrogen-bond acceptors (Lipinski definition) is 4. The van der Waals surface area contributed by atoms with Crippen molar-refractivity contribution in [3.05, 3.63) is 46.7 Å². The number of aromatic nitrogens is 3. The molecule has 0 amide bonds. The standard InChI is InChI=1S/C20H30N6S/c1-4-12-21-19(22-14-18-25-24-16(2)26(18)3)23-15-20(10-6-5-7-11-20)17-9-8-13-27-17/h4,8-9,13H,1,5-7,10-12,14-15H2,2-3H3,(H2,21,22,23). The predicted octanol–water partition coefficient (Wildman–Crippen LogP) is 3.31. The highest BCUT2D eigenvalue weighted by atomic mass is 32.1. The summed E-state index contributed by atoms with van der Waals surface area (Å²) in [6.45, 7) is 7.82. The van der Waals surface area contributed by atoms with Crippen molar-refractivity contribution in [1.82, 2.24) is 25.4 Å². The van der Waals surface area contributed by atoms with Crippen LogP contribution in [0.3, 0.4) is 0 Å². The maximum atomic E-state index is 4.73. The van der Waals surface area contributed by atoms with E-state index in [1.165, 1.54) is 37.0 Å². The largest absolute Gasteiger partial charge is 0.355 e. The molecule has 0 spiro atoms. The lowest BCUT2D eigenvalue weighted by Crippen LogP contribution is -2.46. The second-order valence-electron chi connectivity index (χ2n) is 7.23. The van der Waals surface area contributed by atoms with Crippen LogP contribution in [0.5, 0.6) is 0 Å². The summed E-state index contributed by atoms with van der Waals surface area (Å²) in [5, 5.41) is 17.4. The first-order chi connectivity index (χ1) is 13.1. The van der Waals surface area contributed by atoms with E-state index < -0.39 is 0 Å². The Labute approximate surface area is 165 Å². The molecule has 6 nitrogen and oxygen atoms in total. The topological polar surface area (TPSA) is 67.1 Å². The Hall–Kier alpha value is -2.15. The number of thiophene rings is 1. The third-order valence-corrected chi connectivity index (χ3v) is 6.54. The van der Waals surface area contributed by atoms with Crippen LogP contribution in [0.4, 0.5) is 0 Å². The first-order valence-electron chi connectivity index (χ1n) is 9.66. The van der Waals surface area contributed by atoms with E-state index in [9.17, 15) is 0 Å². The molecular formula is C20H30N6S. The molecule has 146 valence electrons. The van der Waals surface area contributed by atoms with Gasteiger partial charge in [-0.25, -0.2) is 4.99 Å². The summed E-state index contributed by atoms with van der Waals surface area (Å²) in [5.74, 6) is 2.56. The highest BCUT2D eigenvalue weighted by Crippen LogP contribution is 2.41. The lowest BCUT2D eigenvalue weighted by atomic mass is 9.73. The quantitative estimate of drug-likeness (QED) is 0.435. The fourth-order valence-electron chi connectivity index (χ4n) is 3.65. The van der Waals surface area contributed by atoms with E-state index in [2.05, 4.69) is 44.9 Å². The number of aryl methyl sites for hydroxylation is 1. The summed E-state index contributed by atoms with van der Waals surface area (Å²) in [6, 6.07) is 4.45. The predicted molar refractivity (Wildman–Crippen MR) is 112 cm³/mol.